The molecule has 1 N–H and O–H groups in total. The molecule has 1 aliphatic rings. The number of carbonyl (C=O) groups is 1. The predicted octanol–water partition coefficient (Wildman–Crippen LogP) is 1.55. The van der Waals surface area contributed by atoms with Crippen molar-refractivity contribution < 1.29 is 32.3 Å². The number of carbonyl (C=O) groups excluding carboxylic acids is 1. The molecule has 0 radical (unpaired) electrons. The molecule has 1 unspecified atom stereocenters. The normalized spacial score (nSPS) is 17.5. The number of amidine groups is 1. The standard InChI is InChI=1S/C15H18F3N3O4/c1-21-12(20-25-14(21)15(16,17)18)9-5-4-6-10(7-9)13(22)19-8-11(23-2)24-3/h4-7,11,14H,8H2,1-3H3,(H,19,22). The largest absolute Gasteiger partial charge is 0.448 e. The summed E-state index contributed by atoms with van der Waals surface area (Å²) >= 11 is 0. The lowest BCUT2D eigenvalue weighted by molar-refractivity contribution is -0.241. The number of hydrogen-bond donors (Lipinski definition) is 1. The molecule has 1 heterocycles. The van der Waals surface area contributed by atoms with Crippen LogP contribution in [0.15, 0.2) is 29.4 Å². The van der Waals surface area contributed by atoms with Gasteiger partial charge in [0.2, 0.25) is 0 Å². The van der Waals surface area contributed by atoms with Gasteiger partial charge in [0.05, 0.1) is 6.54 Å². The van der Waals surface area contributed by atoms with Gasteiger partial charge >= 0.3 is 6.18 Å². The topological polar surface area (TPSA) is 72.4 Å². The highest BCUT2D eigenvalue weighted by atomic mass is 19.4. The molecule has 0 fully saturated rings. The van der Waals surface area contributed by atoms with E-state index in [1.807, 2.05) is 0 Å². The van der Waals surface area contributed by atoms with Crippen molar-refractivity contribution in [2.24, 2.45) is 5.16 Å². The maximum Gasteiger partial charge on any atom is 0.448 e. The molecule has 1 aromatic rings. The number of hydrogen-bond acceptors (Lipinski definition) is 6. The van der Waals surface area contributed by atoms with E-state index in [4.69, 9.17) is 9.47 Å². The lowest BCUT2D eigenvalue weighted by Crippen LogP contribution is -2.43. The van der Waals surface area contributed by atoms with E-state index in [9.17, 15) is 18.0 Å². The number of ether oxygens (including phenoxy) is 2. The highest BCUT2D eigenvalue weighted by molar-refractivity contribution is 6.02. The van der Waals surface area contributed by atoms with Crippen LogP contribution in [0.3, 0.4) is 0 Å². The number of alkyl halides is 3. The summed E-state index contributed by atoms with van der Waals surface area (Å²) in [7, 11) is 4.09. The Bertz CT molecular complexity index is 647. The highest BCUT2D eigenvalue weighted by Gasteiger charge is 2.49. The number of methoxy groups -OCH3 is 2. The number of oxime groups is 1. The molecule has 1 aliphatic heterocycles. The fourth-order valence-electron chi connectivity index (χ4n) is 2.22. The van der Waals surface area contributed by atoms with Gasteiger partial charge in [0, 0.05) is 32.4 Å². The summed E-state index contributed by atoms with van der Waals surface area (Å²) in [5.41, 5.74) is 0.590. The van der Waals surface area contributed by atoms with E-state index in [0.29, 0.717) is 5.56 Å². The molecule has 1 amide bonds. The maximum atomic E-state index is 12.8. The number of amides is 1. The maximum absolute atomic E-state index is 12.8. The Labute approximate surface area is 142 Å². The van der Waals surface area contributed by atoms with Crippen LogP contribution in [0.4, 0.5) is 13.2 Å². The third kappa shape index (κ3) is 4.40. The molecule has 138 valence electrons. The Balaban J connectivity index is 2.10. The molecule has 1 aromatic carbocycles. The van der Waals surface area contributed by atoms with Gasteiger partial charge in [-0.15, -0.1) is 0 Å². The quantitative estimate of drug-likeness (QED) is 0.779. The van der Waals surface area contributed by atoms with Gasteiger partial charge in [-0.2, -0.15) is 13.2 Å². The fourth-order valence-corrected chi connectivity index (χ4v) is 2.22. The van der Waals surface area contributed by atoms with Gasteiger partial charge in [0.25, 0.3) is 12.1 Å². The Morgan fingerprint density at radius 2 is 2.08 bits per heavy atom. The summed E-state index contributed by atoms with van der Waals surface area (Å²) in [4.78, 5) is 17.5. The summed E-state index contributed by atoms with van der Waals surface area (Å²) in [5, 5.41) is 6.10. The lowest BCUT2D eigenvalue weighted by atomic mass is 10.1. The van der Waals surface area contributed by atoms with Crippen LogP contribution in [0.1, 0.15) is 15.9 Å². The second kappa shape index (κ2) is 7.70. The monoisotopic (exact) mass is 361 g/mol. The van der Waals surface area contributed by atoms with E-state index in [2.05, 4.69) is 15.3 Å². The molecule has 1 atom stereocenters. The van der Waals surface area contributed by atoms with E-state index in [1.54, 1.807) is 12.1 Å². The SMILES string of the molecule is COC(CNC(=O)c1cccc(C2=NOC(C(F)(F)F)N2C)c1)OC. The Morgan fingerprint density at radius 3 is 2.64 bits per heavy atom. The van der Waals surface area contributed by atoms with Crippen LogP contribution in [-0.2, 0) is 14.3 Å². The van der Waals surface area contributed by atoms with Gasteiger partial charge in [0.15, 0.2) is 12.1 Å². The van der Waals surface area contributed by atoms with Crippen molar-refractivity contribution in [2.45, 2.75) is 18.7 Å². The molecule has 2 rings (SSSR count). The highest BCUT2D eigenvalue weighted by Crippen LogP contribution is 2.30. The first-order valence-corrected chi connectivity index (χ1v) is 7.25. The van der Waals surface area contributed by atoms with Crippen LogP contribution < -0.4 is 5.32 Å². The van der Waals surface area contributed by atoms with Gasteiger partial charge in [-0.05, 0) is 12.1 Å². The minimum absolute atomic E-state index is 0.0105. The third-order valence-electron chi connectivity index (χ3n) is 3.54. The molecule has 0 saturated heterocycles. The van der Waals surface area contributed by atoms with E-state index >= 15 is 0 Å². The van der Waals surface area contributed by atoms with Crippen molar-refractivity contribution in [3.05, 3.63) is 35.4 Å². The Morgan fingerprint density at radius 1 is 1.40 bits per heavy atom. The van der Waals surface area contributed by atoms with Crippen LogP contribution in [0.25, 0.3) is 0 Å². The van der Waals surface area contributed by atoms with Crippen molar-refractivity contribution >= 4 is 11.7 Å². The Hall–Kier alpha value is -2.33. The zero-order valence-corrected chi connectivity index (χ0v) is 13.8. The molecule has 0 saturated carbocycles. The van der Waals surface area contributed by atoms with Crippen molar-refractivity contribution in [3.63, 3.8) is 0 Å². The number of nitrogens with zero attached hydrogens (tertiary/aromatic N) is 2. The van der Waals surface area contributed by atoms with Gasteiger partial charge in [-0.3, -0.25) is 4.79 Å². The molecular weight excluding hydrogens is 343 g/mol. The number of nitrogens with one attached hydrogen (secondary N) is 1. The van der Waals surface area contributed by atoms with Crippen LogP contribution in [0.2, 0.25) is 0 Å². The molecule has 10 heteroatoms. The molecule has 0 spiro atoms. The summed E-state index contributed by atoms with van der Waals surface area (Å²) in [6.45, 7) is 0.121. The fraction of sp³-hybridized carbons (Fsp3) is 0.467. The predicted molar refractivity (Wildman–Crippen MR) is 81.8 cm³/mol. The number of rotatable bonds is 6. The van der Waals surface area contributed by atoms with Crippen LogP contribution in [0.5, 0.6) is 0 Å². The van der Waals surface area contributed by atoms with Crippen LogP contribution >= 0.6 is 0 Å². The van der Waals surface area contributed by atoms with Gasteiger partial charge in [-0.1, -0.05) is 17.3 Å². The van der Waals surface area contributed by atoms with Crippen molar-refractivity contribution in [3.8, 4) is 0 Å². The van der Waals surface area contributed by atoms with Gasteiger partial charge in [0.1, 0.15) is 0 Å². The number of benzene rings is 1. The van der Waals surface area contributed by atoms with E-state index in [-0.39, 0.29) is 17.9 Å². The van der Waals surface area contributed by atoms with Crippen molar-refractivity contribution in [1.29, 1.82) is 0 Å². The van der Waals surface area contributed by atoms with Crippen molar-refractivity contribution in [2.75, 3.05) is 27.8 Å². The lowest BCUT2D eigenvalue weighted by Gasteiger charge is -2.22. The van der Waals surface area contributed by atoms with E-state index in [0.717, 1.165) is 4.90 Å². The minimum atomic E-state index is -4.58. The summed E-state index contributed by atoms with van der Waals surface area (Å²) < 4.78 is 48.4. The first kappa shape index (κ1) is 19.0. The third-order valence-corrected chi connectivity index (χ3v) is 3.54. The van der Waals surface area contributed by atoms with E-state index < -0.39 is 24.6 Å². The van der Waals surface area contributed by atoms with Crippen molar-refractivity contribution in [1.82, 2.24) is 10.2 Å². The van der Waals surface area contributed by atoms with Gasteiger partial charge < -0.3 is 24.5 Å². The zero-order valence-electron chi connectivity index (χ0n) is 13.8. The van der Waals surface area contributed by atoms with Gasteiger partial charge in [-0.25, -0.2) is 0 Å². The molecular formula is C15H18F3N3O4. The zero-order chi connectivity index (χ0) is 18.6. The average Bonchev–Trinajstić information content (AvgIpc) is 2.97. The Kier molecular flexibility index (Phi) is 5.85. The summed E-state index contributed by atoms with van der Waals surface area (Å²) in [6, 6.07) is 6.05. The van der Waals surface area contributed by atoms with Crippen LogP contribution in [0, 0.1) is 0 Å². The second-order valence-electron chi connectivity index (χ2n) is 5.22. The molecule has 25 heavy (non-hydrogen) atoms. The second-order valence-corrected chi connectivity index (χ2v) is 5.22. The molecule has 7 nitrogen and oxygen atoms in total. The first-order valence-electron chi connectivity index (χ1n) is 7.25. The minimum Gasteiger partial charge on any atom is -0.358 e. The molecule has 0 aromatic heterocycles. The van der Waals surface area contributed by atoms with Crippen LogP contribution in [-0.4, -0.2) is 63.1 Å². The molecule has 0 bridgehead atoms. The smallest absolute Gasteiger partial charge is 0.358 e. The van der Waals surface area contributed by atoms with E-state index in [1.165, 1.54) is 33.4 Å². The average molecular weight is 361 g/mol. The first-order chi connectivity index (χ1) is 11.8. The summed E-state index contributed by atoms with van der Waals surface area (Å²) in [5.74, 6) is -0.431. The molecule has 0 aliphatic carbocycles. The summed E-state index contributed by atoms with van der Waals surface area (Å²) in [6.07, 6.45) is -7.33. The number of halogens is 3.